The fourth-order valence-corrected chi connectivity index (χ4v) is 5.51. The van der Waals surface area contributed by atoms with Crippen LogP contribution in [0.15, 0.2) is 78.9 Å². The normalized spacial score (nSPS) is 22.9. The summed E-state index contributed by atoms with van der Waals surface area (Å²) in [6, 6.07) is 22.7. The number of esters is 1. The number of hydrogen-bond donors (Lipinski definition) is 3. The van der Waals surface area contributed by atoms with Crippen LogP contribution in [0.4, 0.5) is 5.69 Å². The molecular formula is C29H31BrN2O5. The molecular weight excluding hydrogens is 536 g/mol. The van der Waals surface area contributed by atoms with Gasteiger partial charge in [-0.25, -0.2) is 4.79 Å². The first-order chi connectivity index (χ1) is 17.4. The van der Waals surface area contributed by atoms with Crippen molar-refractivity contribution in [3.63, 3.8) is 0 Å². The molecule has 0 aliphatic carbocycles. The van der Waals surface area contributed by atoms with Crippen LogP contribution in [0.2, 0.25) is 0 Å². The second-order valence-electron chi connectivity index (χ2n) is 9.92. The van der Waals surface area contributed by atoms with Crippen molar-refractivity contribution in [2.45, 2.75) is 25.0 Å². The lowest BCUT2D eigenvalue weighted by Crippen LogP contribution is -3.00. The molecule has 6 rings (SSSR count). The lowest BCUT2D eigenvalue weighted by atomic mass is 9.82. The number of phenolic OH excluding ortho intramolecular Hbond substituents is 2. The second kappa shape index (κ2) is 11.4. The summed E-state index contributed by atoms with van der Waals surface area (Å²) in [5.41, 5.74) is 2.04. The number of ether oxygens (including phenoxy) is 1. The van der Waals surface area contributed by atoms with Crippen LogP contribution in [0.25, 0.3) is 0 Å². The summed E-state index contributed by atoms with van der Waals surface area (Å²) in [4.78, 5) is 26.6. The van der Waals surface area contributed by atoms with E-state index in [0.717, 1.165) is 37.2 Å². The summed E-state index contributed by atoms with van der Waals surface area (Å²) >= 11 is 0. The Kier molecular flexibility index (Phi) is 8.19. The minimum Gasteiger partial charge on any atom is -1.00 e. The smallest absolute Gasteiger partial charge is 0.333 e. The number of nitrogens with zero attached hydrogens (tertiary/aromatic N) is 1. The van der Waals surface area contributed by atoms with Gasteiger partial charge in [0.1, 0.15) is 13.1 Å². The molecule has 8 heteroatoms. The zero-order chi connectivity index (χ0) is 25.1. The highest BCUT2D eigenvalue weighted by Crippen LogP contribution is 2.37. The first-order valence-corrected chi connectivity index (χ1v) is 12.4. The van der Waals surface area contributed by atoms with Gasteiger partial charge in [0, 0.05) is 30.0 Å². The number of ketones is 1. The van der Waals surface area contributed by atoms with Crippen LogP contribution in [0, 0.1) is 5.92 Å². The molecule has 3 aromatic carbocycles. The quantitative estimate of drug-likeness (QED) is 0.165. The van der Waals surface area contributed by atoms with Crippen molar-refractivity contribution >= 4 is 17.4 Å². The van der Waals surface area contributed by atoms with Gasteiger partial charge in [0.25, 0.3) is 0 Å². The molecule has 0 spiro atoms. The van der Waals surface area contributed by atoms with Gasteiger partial charge < -0.3 is 41.7 Å². The first kappa shape index (κ1) is 26.7. The number of nitrogens with one attached hydrogen (secondary N) is 1. The summed E-state index contributed by atoms with van der Waals surface area (Å²) in [6.07, 6.45) is 1.53. The number of fused-ring (bicyclic) bond motifs is 3. The molecule has 7 nitrogen and oxygen atoms in total. The second-order valence-corrected chi connectivity index (χ2v) is 9.92. The number of carbonyl (C=O) groups is 2. The van der Waals surface area contributed by atoms with Crippen molar-refractivity contribution in [1.82, 2.24) is 0 Å². The van der Waals surface area contributed by atoms with Gasteiger partial charge in [-0.15, -0.1) is 0 Å². The Morgan fingerprint density at radius 1 is 0.919 bits per heavy atom. The highest BCUT2D eigenvalue weighted by atomic mass is 79.9. The number of carbonyl (C=O) groups excluding carboxylic acids is 2. The molecule has 3 fully saturated rings. The summed E-state index contributed by atoms with van der Waals surface area (Å²) < 4.78 is 6.73. The Balaban J connectivity index is 0.00000320. The van der Waals surface area contributed by atoms with E-state index in [9.17, 15) is 19.8 Å². The molecule has 3 saturated heterocycles. The number of quaternary nitrogens is 1. The average Bonchev–Trinajstić information content (AvgIpc) is 2.90. The Morgan fingerprint density at radius 3 is 2.22 bits per heavy atom. The van der Waals surface area contributed by atoms with Crippen molar-refractivity contribution in [1.29, 1.82) is 0 Å². The summed E-state index contributed by atoms with van der Waals surface area (Å²) in [5.74, 6) is -0.681. The van der Waals surface area contributed by atoms with Crippen LogP contribution < -0.4 is 22.3 Å². The van der Waals surface area contributed by atoms with Crippen molar-refractivity contribution in [2.75, 3.05) is 31.5 Å². The van der Waals surface area contributed by atoms with Gasteiger partial charge in [-0.05, 0) is 35.9 Å². The van der Waals surface area contributed by atoms with E-state index in [1.807, 2.05) is 60.7 Å². The average molecular weight is 567 g/mol. The Hall–Kier alpha value is -3.36. The third kappa shape index (κ3) is 5.97. The molecule has 194 valence electrons. The van der Waals surface area contributed by atoms with Crippen LogP contribution in [0.5, 0.6) is 11.5 Å². The van der Waals surface area contributed by atoms with Gasteiger partial charge in [0.15, 0.2) is 23.6 Å². The number of rotatable bonds is 8. The number of anilines is 1. The predicted molar refractivity (Wildman–Crippen MR) is 136 cm³/mol. The third-order valence-electron chi connectivity index (χ3n) is 7.54. The van der Waals surface area contributed by atoms with Crippen LogP contribution >= 0.6 is 0 Å². The number of para-hydroxylation sites is 1. The lowest BCUT2D eigenvalue weighted by Gasteiger charge is -2.51. The number of halogens is 1. The number of phenols is 2. The molecule has 0 saturated carbocycles. The van der Waals surface area contributed by atoms with E-state index in [2.05, 4.69) is 5.32 Å². The Labute approximate surface area is 227 Å². The van der Waals surface area contributed by atoms with E-state index in [1.54, 1.807) is 0 Å². The van der Waals surface area contributed by atoms with Crippen LogP contribution in [-0.2, 0) is 9.53 Å². The van der Waals surface area contributed by atoms with E-state index >= 15 is 0 Å². The van der Waals surface area contributed by atoms with Gasteiger partial charge in [0.05, 0.1) is 13.1 Å². The van der Waals surface area contributed by atoms with Crippen LogP contribution in [0.3, 0.4) is 0 Å². The number of hydrogen-bond acceptors (Lipinski definition) is 6. The minimum absolute atomic E-state index is 0. The largest absolute Gasteiger partial charge is 1.00 e. The van der Waals surface area contributed by atoms with E-state index in [4.69, 9.17) is 4.74 Å². The fourth-order valence-electron chi connectivity index (χ4n) is 5.51. The van der Waals surface area contributed by atoms with Gasteiger partial charge in [-0.1, -0.05) is 48.5 Å². The highest BCUT2D eigenvalue weighted by Gasteiger charge is 2.49. The molecule has 0 unspecified atom stereocenters. The maximum atomic E-state index is 13.5. The van der Waals surface area contributed by atoms with Crippen molar-refractivity contribution in [3.8, 4) is 11.5 Å². The third-order valence-corrected chi connectivity index (χ3v) is 7.54. The Morgan fingerprint density at radius 2 is 1.57 bits per heavy atom. The fraction of sp³-hybridized carbons (Fsp3) is 0.310. The Bertz CT molecular complexity index is 1230. The number of benzene rings is 3. The molecule has 3 N–H and O–H groups in total. The number of aromatic hydroxyl groups is 2. The molecule has 3 aliphatic heterocycles. The van der Waals surface area contributed by atoms with Gasteiger partial charge in [-0.3, -0.25) is 4.79 Å². The molecule has 2 atom stereocenters. The van der Waals surface area contributed by atoms with Crippen molar-refractivity contribution < 1.29 is 46.0 Å². The number of piperidine rings is 3. The molecule has 37 heavy (non-hydrogen) atoms. The maximum absolute atomic E-state index is 13.5. The topological polar surface area (TPSA) is 95.9 Å². The summed E-state index contributed by atoms with van der Waals surface area (Å²) in [7, 11) is 0. The standard InChI is InChI=1S/C29H30N2O5.BrH/c32-24-12-11-22(17-25(24)33)26(34)18-31-15-13-20(14-16-31)27(19-31)36-29(35)28(21-7-3-1-4-8-21)30-23-9-5-2-6-10-23;/h1-12,17,20,27-28,30H,13-16,18-19H2,(H-,32,33,34);1H/t20?,27-,28+,31?;/m0./s1. The van der Waals surface area contributed by atoms with Crippen molar-refractivity contribution in [2.24, 2.45) is 5.92 Å². The zero-order valence-electron chi connectivity index (χ0n) is 20.4. The molecule has 3 aliphatic rings. The molecule has 3 aromatic rings. The van der Waals surface area contributed by atoms with Gasteiger partial charge in [0.2, 0.25) is 5.78 Å². The lowest BCUT2D eigenvalue weighted by molar-refractivity contribution is -0.938. The number of Topliss-reactive ketones (excluding diaryl/α,β-unsaturated/α-hetero) is 1. The molecule has 3 heterocycles. The zero-order valence-corrected chi connectivity index (χ0v) is 22.0. The van der Waals surface area contributed by atoms with Crippen LogP contribution in [-0.4, -0.2) is 58.7 Å². The minimum atomic E-state index is -0.640. The van der Waals surface area contributed by atoms with Crippen LogP contribution in [0.1, 0.15) is 34.8 Å². The van der Waals surface area contributed by atoms with Gasteiger partial charge >= 0.3 is 5.97 Å². The van der Waals surface area contributed by atoms with E-state index in [1.165, 1.54) is 18.2 Å². The molecule has 0 aromatic heterocycles. The highest BCUT2D eigenvalue weighted by molar-refractivity contribution is 5.97. The van der Waals surface area contributed by atoms with E-state index < -0.39 is 6.04 Å². The first-order valence-electron chi connectivity index (χ1n) is 12.4. The molecule has 0 amide bonds. The monoisotopic (exact) mass is 566 g/mol. The predicted octanol–water partition coefficient (Wildman–Crippen LogP) is 1.29. The molecule has 2 bridgehead atoms. The van der Waals surface area contributed by atoms with E-state index in [-0.39, 0.29) is 58.8 Å². The summed E-state index contributed by atoms with van der Waals surface area (Å²) in [6.45, 7) is 2.59. The maximum Gasteiger partial charge on any atom is 0.333 e. The summed E-state index contributed by atoms with van der Waals surface area (Å²) in [5, 5.41) is 22.7. The van der Waals surface area contributed by atoms with Gasteiger partial charge in [-0.2, -0.15) is 0 Å². The van der Waals surface area contributed by atoms with Crippen molar-refractivity contribution in [3.05, 3.63) is 90.0 Å². The molecule has 0 radical (unpaired) electrons. The SMILES string of the molecule is O=C(C[N+]12CCC(CC1)[C@@H](OC(=O)[C@H](Nc1ccccc1)c1ccccc1)C2)c1ccc(O)c(O)c1.[Br-]. The van der Waals surface area contributed by atoms with E-state index in [0.29, 0.717) is 16.6 Å².